The number of aryl methyl sites for hydroxylation is 1. The average Bonchev–Trinajstić information content (AvgIpc) is 2.43. The van der Waals surface area contributed by atoms with E-state index in [1.165, 1.54) is 25.3 Å². The number of nitrogens with zero attached hydrogens (tertiary/aromatic N) is 1. The standard InChI is InChI=1S/C17H26FNO/c1-13-7-8-15(18)11-14(13)12-16(20)17(2,3)19-9-5-4-6-10-19/h7-8,11,16,20H,4-6,9-10,12H2,1-3H3. The molecule has 1 aliphatic heterocycles. The molecule has 20 heavy (non-hydrogen) atoms. The molecule has 1 atom stereocenters. The van der Waals surface area contributed by atoms with Gasteiger partial charge < -0.3 is 5.11 Å². The van der Waals surface area contributed by atoms with E-state index in [1.54, 1.807) is 12.1 Å². The highest BCUT2D eigenvalue weighted by Crippen LogP contribution is 2.26. The maximum atomic E-state index is 13.4. The molecule has 1 saturated heterocycles. The molecule has 0 bridgehead atoms. The number of hydrogen-bond donors (Lipinski definition) is 1. The lowest BCUT2D eigenvalue weighted by molar-refractivity contribution is -0.0187. The first kappa shape index (κ1) is 15.5. The first-order valence-corrected chi connectivity index (χ1v) is 7.59. The Morgan fingerprint density at radius 1 is 1.25 bits per heavy atom. The smallest absolute Gasteiger partial charge is 0.123 e. The molecule has 2 nitrogen and oxygen atoms in total. The Morgan fingerprint density at radius 2 is 1.90 bits per heavy atom. The highest BCUT2D eigenvalue weighted by atomic mass is 19.1. The monoisotopic (exact) mass is 279 g/mol. The molecular formula is C17H26FNO. The molecule has 0 aromatic heterocycles. The zero-order valence-corrected chi connectivity index (χ0v) is 12.8. The molecule has 112 valence electrons. The number of benzene rings is 1. The van der Waals surface area contributed by atoms with E-state index in [-0.39, 0.29) is 11.4 Å². The fraction of sp³-hybridized carbons (Fsp3) is 0.647. The fourth-order valence-electron chi connectivity index (χ4n) is 3.00. The summed E-state index contributed by atoms with van der Waals surface area (Å²) in [6.07, 6.45) is 3.71. The van der Waals surface area contributed by atoms with Crippen molar-refractivity contribution in [2.75, 3.05) is 13.1 Å². The van der Waals surface area contributed by atoms with Gasteiger partial charge in [-0.15, -0.1) is 0 Å². The summed E-state index contributed by atoms with van der Waals surface area (Å²) in [5, 5.41) is 10.6. The Labute approximate surface area is 121 Å². The molecule has 1 aromatic rings. The summed E-state index contributed by atoms with van der Waals surface area (Å²) >= 11 is 0. The van der Waals surface area contributed by atoms with Gasteiger partial charge in [-0.25, -0.2) is 4.39 Å². The van der Waals surface area contributed by atoms with Crippen LogP contribution in [0.1, 0.15) is 44.2 Å². The second-order valence-corrected chi connectivity index (χ2v) is 6.49. The molecule has 1 unspecified atom stereocenters. The minimum atomic E-state index is -0.485. The molecule has 0 aliphatic carbocycles. The van der Waals surface area contributed by atoms with Gasteiger partial charge in [-0.1, -0.05) is 12.5 Å². The third kappa shape index (κ3) is 3.39. The van der Waals surface area contributed by atoms with Crippen LogP contribution in [0.5, 0.6) is 0 Å². The minimum Gasteiger partial charge on any atom is -0.391 e. The van der Waals surface area contributed by atoms with Gasteiger partial charge in [0.25, 0.3) is 0 Å². The van der Waals surface area contributed by atoms with Crippen molar-refractivity contribution in [1.82, 2.24) is 4.90 Å². The van der Waals surface area contributed by atoms with Crippen LogP contribution in [-0.2, 0) is 6.42 Å². The van der Waals surface area contributed by atoms with E-state index in [1.807, 2.05) is 6.92 Å². The lowest BCUT2D eigenvalue weighted by Crippen LogP contribution is -2.54. The SMILES string of the molecule is Cc1ccc(F)cc1CC(O)C(C)(C)N1CCCCC1. The molecule has 1 fully saturated rings. The maximum Gasteiger partial charge on any atom is 0.123 e. The van der Waals surface area contributed by atoms with Crippen LogP contribution in [0.3, 0.4) is 0 Å². The van der Waals surface area contributed by atoms with Crippen molar-refractivity contribution in [2.24, 2.45) is 0 Å². The Balaban J connectivity index is 2.09. The van der Waals surface area contributed by atoms with Gasteiger partial charge in [0.2, 0.25) is 0 Å². The summed E-state index contributed by atoms with van der Waals surface area (Å²) < 4.78 is 13.4. The molecule has 1 heterocycles. The third-order valence-electron chi connectivity index (χ3n) is 4.71. The van der Waals surface area contributed by atoms with E-state index in [0.717, 1.165) is 24.2 Å². The zero-order valence-electron chi connectivity index (χ0n) is 12.8. The molecule has 1 aliphatic rings. The van der Waals surface area contributed by atoms with Gasteiger partial charge in [0.05, 0.1) is 6.10 Å². The lowest BCUT2D eigenvalue weighted by atomic mass is 9.87. The van der Waals surface area contributed by atoms with Crippen molar-refractivity contribution in [2.45, 2.75) is 58.1 Å². The molecule has 2 rings (SSSR count). The molecule has 0 saturated carbocycles. The van der Waals surface area contributed by atoms with E-state index < -0.39 is 6.10 Å². The van der Waals surface area contributed by atoms with E-state index >= 15 is 0 Å². The number of rotatable bonds is 4. The molecule has 0 spiro atoms. The summed E-state index contributed by atoms with van der Waals surface area (Å²) in [5.41, 5.74) is 1.68. The van der Waals surface area contributed by atoms with Crippen molar-refractivity contribution in [1.29, 1.82) is 0 Å². The topological polar surface area (TPSA) is 23.5 Å². The third-order valence-corrected chi connectivity index (χ3v) is 4.71. The highest BCUT2D eigenvalue weighted by molar-refractivity contribution is 5.27. The van der Waals surface area contributed by atoms with Crippen molar-refractivity contribution in [3.8, 4) is 0 Å². The highest BCUT2D eigenvalue weighted by Gasteiger charge is 2.35. The Bertz CT molecular complexity index is 452. The number of halogens is 1. The van der Waals surface area contributed by atoms with Crippen LogP contribution in [0.4, 0.5) is 4.39 Å². The Kier molecular flexibility index (Phi) is 4.82. The van der Waals surface area contributed by atoms with Crippen LogP contribution in [0, 0.1) is 12.7 Å². The van der Waals surface area contributed by atoms with Crippen LogP contribution < -0.4 is 0 Å². The van der Waals surface area contributed by atoms with Gasteiger partial charge >= 0.3 is 0 Å². The quantitative estimate of drug-likeness (QED) is 0.914. The minimum absolute atomic E-state index is 0.228. The molecule has 1 N–H and O–H groups in total. The van der Waals surface area contributed by atoms with Crippen molar-refractivity contribution < 1.29 is 9.50 Å². The van der Waals surface area contributed by atoms with Gasteiger partial charge in [0, 0.05) is 12.0 Å². The Morgan fingerprint density at radius 3 is 2.55 bits per heavy atom. The van der Waals surface area contributed by atoms with Crippen molar-refractivity contribution in [3.05, 3.63) is 35.1 Å². The predicted octanol–water partition coefficient (Wildman–Crippen LogP) is 3.30. The predicted molar refractivity (Wildman–Crippen MR) is 80.4 cm³/mol. The van der Waals surface area contributed by atoms with Crippen LogP contribution in [0.25, 0.3) is 0 Å². The van der Waals surface area contributed by atoms with Crippen LogP contribution in [0.2, 0.25) is 0 Å². The number of likely N-dealkylation sites (tertiary alicyclic amines) is 1. The Hall–Kier alpha value is -0.930. The first-order valence-electron chi connectivity index (χ1n) is 7.59. The largest absolute Gasteiger partial charge is 0.391 e. The second kappa shape index (κ2) is 6.23. The summed E-state index contributed by atoms with van der Waals surface area (Å²) in [6.45, 7) is 8.25. The number of aliphatic hydroxyl groups excluding tert-OH is 1. The van der Waals surface area contributed by atoms with Crippen LogP contribution in [-0.4, -0.2) is 34.7 Å². The summed E-state index contributed by atoms with van der Waals surface area (Å²) in [4.78, 5) is 2.37. The van der Waals surface area contributed by atoms with E-state index in [0.29, 0.717) is 6.42 Å². The van der Waals surface area contributed by atoms with Gasteiger partial charge in [0.15, 0.2) is 0 Å². The fourth-order valence-corrected chi connectivity index (χ4v) is 3.00. The van der Waals surface area contributed by atoms with Crippen molar-refractivity contribution in [3.63, 3.8) is 0 Å². The van der Waals surface area contributed by atoms with Gasteiger partial charge in [0.1, 0.15) is 5.82 Å². The number of aliphatic hydroxyl groups is 1. The second-order valence-electron chi connectivity index (χ2n) is 6.49. The van der Waals surface area contributed by atoms with E-state index in [2.05, 4.69) is 18.7 Å². The summed E-state index contributed by atoms with van der Waals surface area (Å²) in [5.74, 6) is -0.228. The average molecular weight is 279 g/mol. The first-order chi connectivity index (χ1) is 9.41. The number of hydrogen-bond acceptors (Lipinski definition) is 2. The maximum absolute atomic E-state index is 13.4. The van der Waals surface area contributed by atoms with Gasteiger partial charge in [-0.05, 0) is 70.0 Å². The molecule has 1 aromatic carbocycles. The van der Waals surface area contributed by atoms with Gasteiger partial charge in [-0.3, -0.25) is 4.90 Å². The molecular weight excluding hydrogens is 253 g/mol. The van der Waals surface area contributed by atoms with E-state index in [9.17, 15) is 9.50 Å². The summed E-state index contributed by atoms with van der Waals surface area (Å²) in [6, 6.07) is 4.80. The number of piperidine rings is 1. The van der Waals surface area contributed by atoms with Crippen LogP contribution in [0.15, 0.2) is 18.2 Å². The zero-order chi connectivity index (χ0) is 14.8. The van der Waals surface area contributed by atoms with E-state index in [4.69, 9.17) is 0 Å². The molecule has 0 radical (unpaired) electrons. The summed E-state index contributed by atoms with van der Waals surface area (Å²) in [7, 11) is 0. The normalized spacial score (nSPS) is 19.1. The molecule has 0 amide bonds. The lowest BCUT2D eigenvalue weighted by Gasteiger charge is -2.44. The van der Waals surface area contributed by atoms with Gasteiger partial charge in [-0.2, -0.15) is 0 Å². The van der Waals surface area contributed by atoms with Crippen LogP contribution >= 0.6 is 0 Å². The molecule has 3 heteroatoms. The van der Waals surface area contributed by atoms with Crippen molar-refractivity contribution >= 4 is 0 Å².